The molecular formula is C13H10INO4. The van der Waals surface area contributed by atoms with Crippen molar-refractivity contribution in [2.75, 3.05) is 0 Å². The van der Waals surface area contributed by atoms with E-state index in [0.717, 1.165) is 3.57 Å². The van der Waals surface area contributed by atoms with Crippen LogP contribution in [0.5, 0.6) is 11.5 Å². The molecule has 19 heavy (non-hydrogen) atoms. The van der Waals surface area contributed by atoms with Crippen LogP contribution in [0.15, 0.2) is 42.5 Å². The molecule has 0 bridgehead atoms. The predicted octanol–water partition coefficient (Wildman–Crippen LogP) is 3.48. The Morgan fingerprint density at radius 1 is 1.16 bits per heavy atom. The summed E-state index contributed by atoms with van der Waals surface area (Å²) >= 11 is 2.19. The Balaban J connectivity index is 2.26. The van der Waals surface area contributed by atoms with E-state index in [-0.39, 0.29) is 11.3 Å². The van der Waals surface area contributed by atoms with Gasteiger partial charge in [0.25, 0.3) is 5.69 Å². The Hall–Kier alpha value is -1.67. The molecule has 2 rings (SSSR count). The second kappa shape index (κ2) is 5.98. The molecule has 0 fully saturated rings. The fraction of sp³-hybridized carbons (Fsp3) is 0.0769. The number of nitro benzene ring substituents is 1. The smallest absolute Gasteiger partial charge is 0.275 e. The molecule has 0 aliphatic rings. The number of ether oxygens (including phenoxy) is 1. The molecule has 2 aromatic rings. The van der Waals surface area contributed by atoms with Crippen molar-refractivity contribution in [1.82, 2.24) is 0 Å². The standard InChI is InChI=1S/C13H10INO4/c14-10-1-3-11(4-2-10)19-12-5-6-13(15(17)18)9(7-12)8-16/h1-7,16H,8H2. The van der Waals surface area contributed by atoms with E-state index in [9.17, 15) is 10.1 Å². The van der Waals surface area contributed by atoms with Crippen LogP contribution in [0.4, 0.5) is 5.69 Å². The SMILES string of the molecule is O=[N+]([O-])c1ccc(Oc2ccc(I)cc2)cc1CO. The monoisotopic (exact) mass is 371 g/mol. The van der Waals surface area contributed by atoms with Crippen molar-refractivity contribution in [1.29, 1.82) is 0 Å². The van der Waals surface area contributed by atoms with Gasteiger partial charge >= 0.3 is 0 Å². The zero-order valence-electron chi connectivity index (χ0n) is 9.75. The molecular weight excluding hydrogens is 361 g/mol. The predicted molar refractivity (Wildman–Crippen MR) is 78.3 cm³/mol. The number of hydrogen-bond donors (Lipinski definition) is 1. The first-order valence-electron chi connectivity index (χ1n) is 5.42. The number of nitro groups is 1. The zero-order valence-corrected chi connectivity index (χ0v) is 11.9. The Morgan fingerprint density at radius 3 is 2.37 bits per heavy atom. The van der Waals surface area contributed by atoms with Gasteiger partial charge in [0.2, 0.25) is 0 Å². The molecule has 0 aromatic heterocycles. The summed E-state index contributed by atoms with van der Waals surface area (Å²) in [5.41, 5.74) is 0.116. The lowest BCUT2D eigenvalue weighted by atomic mass is 10.2. The lowest BCUT2D eigenvalue weighted by Gasteiger charge is -2.07. The van der Waals surface area contributed by atoms with Crippen molar-refractivity contribution < 1.29 is 14.8 Å². The third kappa shape index (κ3) is 3.42. The molecule has 0 radical (unpaired) electrons. The number of benzene rings is 2. The van der Waals surface area contributed by atoms with Crippen LogP contribution >= 0.6 is 22.6 Å². The lowest BCUT2D eigenvalue weighted by molar-refractivity contribution is -0.385. The summed E-state index contributed by atoms with van der Waals surface area (Å²) in [5.74, 6) is 1.09. The normalized spacial score (nSPS) is 10.2. The maximum absolute atomic E-state index is 10.7. The van der Waals surface area contributed by atoms with Crippen molar-refractivity contribution in [2.45, 2.75) is 6.61 Å². The van der Waals surface area contributed by atoms with Gasteiger partial charge in [0.1, 0.15) is 11.5 Å². The number of aliphatic hydroxyl groups excluding tert-OH is 1. The first kappa shape index (κ1) is 13.8. The Labute approximate surface area is 123 Å². The van der Waals surface area contributed by atoms with Gasteiger partial charge in [-0.2, -0.15) is 0 Å². The molecule has 1 N–H and O–H groups in total. The largest absolute Gasteiger partial charge is 0.457 e. The molecule has 0 aliphatic heterocycles. The van der Waals surface area contributed by atoms with Crippen LogP contribution in [-0.4, -0.2) is 10.0 Å². The van der Waals surface area contributed by atoms with Gasteiger partial charge in [0, 0.05) is 9.64 Å². The van der Waals surface area contributed by atoms with Gasteiger partial charge < -0.3 is 9.84 Å². The van der Waals surface area contributed by atoms with Crippen LogP contribution < -0.4 is 4.74 Å². The maximum Gasteiger partial charge on any atom is 0.275 e. The second-order valence-electron chi connectivity index (χ2n) is 3.76. The number of nitrogens with zero attached hydrogens (tertiary/aromatic N) is 1. The van der Waals surface area contributed by atoms with Gasteiger partial charge in [-0.1, -0.05) is 0 Å². The number of rotatable bonds is 4. The summed E-state index contributed by atoms with van der Waals surface area (Å²) in [4.78, 5) is 10.2. The van der Waals surface area contributed by atoms with Crippen LogP contribution in [0, 0.1) is 13.7 Å². The molecule has 98 valence electrons. The van der Waals surface area contributed by atoms with E-state index in [1.54, 1.807) is 0 Å². The highest BCUT2D eigenvalue weighted by molar-refractivity contribution is 14.1. The highest BCUT2D eigenvalue weighted by atomic mass is 127. The first-order chi connectivity index (χ1) is 9.10. The highest BCUT2D eigenvalue weighted by Gasteiger charge is 2.13. The van der Waals surface area contributed by atoms with Crippen molar-refractivity contribution in [3.63, 3.8) is 0 Å². The van der Waals surface area contributed by atoms with Crippen LogP contribution in [0.25, 0.3) is 0 Å². The molecule has 6 heteroatoms. The molecule has 0 spiro atoms. The molecule has 0 aliphatic carbocycles. The Bertz CT molecular complexity index is 598. The van der Waals surface area contributed by atoms with Crippen LogP contribution in [0.1, 0.15) is 5.56 Å². The highest BCUT2D eigenvalue weighted by Crippen LogP contribution is 2.28. The Morgan fingerprint density at radius 2 is 1.79 bits per heavy atom. The summed E-state index contributed by atoms with van der Waals surface area (Å²) in [7, 11) is 0. The minimum atomic E-state index is -0.528. The van der Waals surface area contributed by atoms with Crippen molar-refractivity contribution in [2.24, 2.45) is 0 Å². The fourth-order valence-electron chi connectivity index (χ4n) is 1.57. The van der Waals surface area contributed by atoms with E-state index in [0.29, 0.717) is 11.5 Å². The van der Waals surface area contributed by atoms with Gasteiger partial charge in [0.05, 0.1) is 17.1 Å². The topological polar surface area (TPSA) is 72.6 Å². The Kier molecular flexibility index (Phi) is 4.33. The molecule has 0 saturated carbocycles. The van der Waals surface area contributed by atoms with Crippen molar-refractivity contribution >= 4 is 28.3 Å². The summed E-state index contributed by atoms with van der Waals surface area (Å²) in [6.07, 6.45) is 0. The summed E-state index contributed by atoms with van der Waals surface area (Å²) in [6.45, 7) is -0.403. The van der Waals surface area contributed by atoms with Crippen LogP contribution in [0.3, 0.4) is 0 Å². The number of hydrogen-bond acceptors (Lipinski definition) is 4. The molecule has 0 saturated heterocycles. The first-order valence-corrected chi connectivity index (χ1v) is 6.49. The molecule has 2 aromatic carbocycles. The van der Waals surface area contributed by atoms with Crippen molar-refractivity contribution in [3.8, 4) is 11.5 Å². The molecule has 0 unspecified atom stereocenters. The number of halogens is 1. The molecule has 0 heterocycles. The summed E-state index contributed by atoms with van der Waals surface area (Å²) < 4.78 is 6.66. The average Bonchev–Trinajstić information content (AvgIpc) is 2.41. The van der Waals surface area contributed by atoms with Crippen molar-refractivity contribution in [3.05, 3.63) is 61.7 Å². The summed E-state index contributed by atoms with van der Waals surface area (Å²) in [5, 5.41) is 19.9. The lowest BCUT2D eigenvalue weighted by Crippen LogP contribution is -1.96. The average molecular weight is 371 g/mol. The van der Waals surface area contributed by atoms with Gasteiger partial charge in [-0.3, -0.25) is 10.1 Å². The minimum absolute atomic E-state index is 0.113. The van der Waals surface area contributed by atoms with Gasteiger partial charge in [-0.25, -0.2) is 0 Å². The summed E-state index contributed by atoms with van der Waals surface area (Å²) in [6, 6.07) is 11.7. The van der Waals surface area contributed by atoms with Gasteiger partial charge in [-0.05, 0) is 59.0 Å². The zero-order chi connectivity index (χ0) is 13.8. The second-order valence-corrected chi connectivity index (χ2v) is 5.01. The maximum atomic E-state index is 10.7. The number of aliphatic hydroxyl groups is 1. The quantitative estimate of drug-likeness (QED) is 0.508. The van der Waals surface area contributed by atoms with Gasteiger partial charge in [0.15, 0.2) is 0 Å². The van der Waals surface area contributed by atoms with E-state index in [2.05, 4.69) is 22.6 Å². The van der Waals surface area contributed by atoms with Crippen LogP contribution in [0.2, 0.25) is 0 Å². The minimum Gasteiger partial charge on any atom is -0.457 e. The molecule has 5 nitrogen and oxygen atoms in total. The molecule has 0 atom stereocenters. The van der Waals surface area contributed by atoms with E-state index >= 15 is 0 Å². The van der Waals surface area contributed by atoms with E-state index in [1.807, 2.05) is 24.3 Å². The van der Waals surface area contributed by atoms with Gasteiger partial charge in [-0.15, -0.1) is 0 Å². The van der Waals surface area contributed by atoms with E-state index in [4.69, 9.17) is 9.84 Å². The van der Waals surface area contributed by atoms with Crippen LogP contribution in [-0.2, 0) is 6.61 Å². The molecule has 0 amide bonds. The third-order valence-corrected chi connectivity index (χ3v) is 3.19. The third-order valence-electron chi connectivity index (χ3n) is 2.47. The van der Waals surface area contributed by atoms with E-state index in [1.165, 1.54) is 18.2 Å². The fourth-order valence-corrected chi connectivity index (χ4v) is 1.93. The van der Waals surface area contributed by atoms with E-state index < -0.39 is 11.5 Å².